The molecule has 0 saturated carbocycles. The zero-order valence-corrected chi connectivity index (χ0v) is 27.0. The summed E-state index contributed by atoms with van der Waals surface area (Å²) in [6.07, 6.45) is 0.0291. The van der Waals surface area contributed by atoms with Crippen LogP contribution in [0.4, 0.5) is 0 Å². The van der Waals surface area contributed by atoms with Crippen molar-refractivity contribution in [3.8, 4) is 0 Å². The first-order valence-corrected chi connectivity index (χ1v) is 16.6. The highest BCUT2D eigenvalue weighted by Gasteiger charge is 2.45. The van der Waals surface area contributed by atoms with Crippen LogP contribution in [0, 0.1) is 0 Å². The fourth-order valence-electron chi connectivity index (χ4n) is 5.62. The second-order valence-corrected chi connectivity index (χ2v) is 15.8. The summed E-state index contributed by atoms with van der Waals surface area (Å²) in [7, 11) is 2.74. The number of carbonyl (C=O) groups excluding carboxylic acids is 1. The van der Waals surface area contributed by atoms with Crippen LogP contribution in [0.2, 0.25) is 0 Å². The molecule has 2 saturated heterocycles. The molecule has 2 aromatic carbocycles. The molecule has 0 radical (unpaired) electrons. The number of morpholine rings is 1. The van der Waals surface area contributed by atoms with Crippen LogP contribution in [-0.4, -0.2) is 117 Å². The molecule has 1 amide bonds. The highest BCUT2D eigenvalue weighted by Crippen LogP contribution is 2.52. The first kappa shape index (κ1) is 32.2. The Morgan fingerprint density at radius 3 is 2.02 bits per heavy atom. The third-order valence-electron chi connectivity index (χ3n) is 8.09. The number of nitrogens with zero attached hydrogens (tertiary/aromatic N) is 4. The van der Waals surface area contributed by atoms with Crippen molar-refractivity contribution in [3.05, 3.63) is 71.8 Å². The molecule has 2 aliphatic heterocycles. The number of alkyl halides is 1. The molecule has 2 aliphatic rings. The maximum atomic E-state index is 14.3. The Hall–Kier alpha value is -1.71. The van der Waals surface area contributed by atoms with Crippen LogP contribution in [0.3, 0.4) is 0 Å². The van der Waals surface area contributed by atoms with Gasteiger partial charge in [-0.1, -0.05) is 72.3 Å². The standard InChI is InChI=1S/C30H45BClN4O4P/c1-29(2,3)35-20-26(40-27(31)21-35)22-39-23-41(38,33(4)5)36-18-16-34(17-19-36)28(37)30(32,24-12-8-6-9-13-24)25-14-10-7-11-15-25/h6-15,26-27H,16-23,31H2,1-5H3. The van der Waals surface area contributed by atoms with Gasteiger partial charge < -0.3 is 14.4 Å². The summed E-state index contributed by atoms with van der Waals surface area (Å²) in [6, 6.07) is 19.1. The number of amides is 1. The molecule has 2 fully saturated rings. The summed E-state index contributed by atoms with van der Waals surface area (Å²) in [5.41, 5.74) is 1.52. The van der Waals surface area contributed by atoms with Gasteiger partial charge >= 0.3 is 0 Å². The second kappa shape index (κ2) is 13.3. The van der Waals surface area contributed by atoms with Crippen LogP contribution in [0.5, 0.6) is 0 Å². The minimum Gasteiger partial charge on any atom is -0.379 e. The van der Waals surface area contributed by atoms with Gasteiger partial charge in [0.1, 0.15) is 14.2 Å². The Balaban J connectivity index is 1.41. The van der Waals surface area contributed by atoms with Gasteiger partial charge in [0.25, 0.3) is 5.91 Å². The zero-order valence-electron chi connectivity index (χ0n) is 25.3. The highest BCUT2D eigenvalue weighted by atomic mass is 35.5. The summed E-state index contributed by atoms with van der Waals surface area (Å²) in [6.45, 7) is 10.5. The lowest BCUT2D eigenvalue weighted by Crippen LogP contribution is -2.56. The van der Waals surface area contributed by atoms with Crippen molar-refractivity contribution >= 4 is 32.8 Å². The molecular weight excluding hydrogens is 558 g/mol. The largest absolute Gasteiger partial charge is 0.379 e. The van der Waals surface area contributed by atoms with E-state index in [9.17, 15) is 9.36 Å². The first-order chi connectivity index (χ1) is 19.4. The quantitative estimate of drug-likeness (QED) is 0.247. The summed E-state index contributed by atoms with van der Waals surface area (Å²) in [5.74, 6) is -0.167. The lowest BCUT2D eigenvalue weighted by atomic mass is 9.88. The number of rotatable bonds is 9. The number of halogens is 1. The van der Waals surface area contributed by atoms with E-state index in [2.05, 4.69) is 33.5 Å². The molecule has 224 valence electrons. The molecule has 3 atom stereocenters. The van der Waals surface area contributed by atoms with Crippen LogP contribution in [-0.2, 0) is 23.7 Å². The third-order valence-corrected chi connectivity index (χ3v) is 11.7. The maximum absolute atomic E-state index is 14.3. The van der Waals surface area contributed by atoms with Gasteiger partial charge in [-0.3, -0.25) is 14.3 Å². The van der Waals surface area contributed by atoms with Gasteiger partial charge in [0.2, 0.25) is 7.44 Å². The number of hydrogen-bond donors (Lipinski definition) is 0. The van der Waals surface area contributed by atoms with Crippen LogP contribution in [0.1, 0.15) is 31.9 Å². The Bertz CT molecular complexity index is 1150. The monoisotopic (exact) mass is 602 g/mol. The van der Waals surface area contributed by atoms with E-state index in [-0.39, 0.29) is 29.9 Å². The number of ether oxygens (including phenoxy) is 2. The molecule has 2 aromatic rings. The predicted molar refractivity (Wildman–Crippen MR) is 168 cm³/mol. The van der Waals surface area contributed by atoms with Crippen LogP contribution < -0.4 is 0 Å². The number of hydrogen-bond acceptors (Lipinski definition) is 5. The minimum absolute atomic E-state index is 0.0496. The van der Waals surface area contributed by atoms with Crippen molar-refractivity contribution in [1.29, 1.82) is 0 Å². The highest BCUT2D eigenvalue weighted by molar-refractivity contribution is 7.58. The Kier molecular flexibility index (Phi) is 10.4. The Morgan fingerprint density at radius 1 is 1.00 bits per heavy atom. The lowest BCUT2D eigenvalue weighted by Gasteiger charge is -2.45. The smallest absolute Gasteiger partial charge is 0.252 e. The molecule has 41 heavy (non-hydrogen) atoms. The third kappa shape index (κ3) is 7.27. The molecule has 2 heterocycles. The van der Waals surface area contributed by atoms with E-state index in [4.69, 9.17) is 21.1 Å². The molecular formula is C30H45BClN4O4P. The van der Waals surface area contributed by atoms with Crippen molar-refractivity contribution in [1.82, 2.24) is 19.1 Å². The molecule has 4 rings (SSSR count). The van der Waals surface area contributed by atoms with Crippen LogP contribution in [0.25, 0.3) is 0 Å². The first-order valence-electron chi connectivity index (χ1n) is 14.5. The van der Waals surface area contributed by atoms with Crippen LogP contribution >= 0.6 is 19.0 Å². The fourth-order valence-corrected chi connectivity index (χ4v) is 8.04. The summed E-state index contributed by atoms with van der Waals surface area (Å²) in [5, 5.41) is 0. The molecule has 8 nitrogen and oxygen atoms in total. The van der Waals surface area contributed by atoms with Gasteiger partial charge in [-0.2, -0.15) is 0 Å². The van der Waals surface area contributed by atoms with Gasteiger partial charge in [-0.25, -0.2) is 9.34 Å². The van der Waals surface area contributed by atoms with Crippen molar-refractivity contribution in [2.45, 2.75) is 43.3 Å². The van der Waals surface area contributed by atoms with Crippen molar-refractivity contribution in [2.75, 3.05) is 66.3 Å². The maximum Gasteiger partial charge on any atom is 0.252 e. The number of carbonyl (C=O) groups is 1. The summed E-state index contributed by atoms with van der Waals surface area (Å²) >= 11 is 7.24. The van der Waals surface area contributed by atoms with Gasteiger partial charge in [-0.15, -0.1) is 0 Å². The second-order valence-electron chi connectivity index (χ2n) is 12.3. The normalized spacial score (nSPS) is 23.0. The SMILES string of the molecule is BC1CN(C(C)(C)C)CC(COCP(=O)(N(C)C)N2CCN(C(=O)C(Cl)(c3ccccc3)c3ccccc3)CC2)O1. The molecule has 0 N–H and O–H groups in total. The predicted octanol–water partition coefficient (Wildman–Crippen LogP) is 3.50. The molecule has 0 aromatic heterocycles. The van der Waals surface area contributed by atoms with Gasteiger partial charge in [0, 0.05) is 50.8 Å². The molecule has 0 aliphatic carbocycles. The summed E-state index contributed by atoms with van der Waals surface area (Å²) < 4.78 is 30.3. The molecule has 3 unspecified atom stereocenters. The van der Waals surface area contributed by atoms with Gasteiger partial charge in [0.05, 0.1) is 12.7 Å². The average Bonchev–Trinajstić information content (AvgIpc) is 2.96. The topological polar surface area (TPSA) is 65.6 Å². The zero-order chi connectivity index (χ0) is 29.8. The molecule has 11 heteroatoms. The van der Waals surface area contributed by atoms with E-state index in [0.29, 0.717) is 32.8 Å². The van der Waals surface area contributed by atoms with Gasteiger partial charge in [0.15, 0.2) is 4.87 Å². The molecule has 0 bridgehead atoms. The summed E-state index contributed by atoms with van der Waals surface area (Å²) in [4.78, 5) is 16.9. The molecule has 0 spiro atoms. The van der Waals surface area contributed by atoms with Crippen molar-refractivity contribution < 1.29 is 18.8 Å². The van der Waals surface area contributed by atoms with E-state index in [1.807, 2.05) is 79.4 Å². The van der Waals surface area contributed by atoms with E-state index in [1.54, 1.807) is 9.57 Å². The minimum atomic E-state index is -3.01. The van der Waals surface area contributed by atoms with Crippen LogP contribution in [0.15, 0.2) is 60.7 Å². The van der Waals surface area contributed by atoms with E-state index in [1.165, 1.54) is 0 Å². The number of piperazine rings is 1. The number of benzene rings is 2. The van der Waals surface area contributed by atoms with E-state index in [0.717, 1.165) is 24.2 Å². The fraction of sp³-hybridized carbons (Fsp3) is 0.567. The lowest BCUT2D eigenvalue weighted by molar-refractivity contribution is -0.134. The Labute approximate surface area is 251 Å². The van der Waals surface area contributed by atoms with E-state index >= 15 is 0 Å². The van der Waals surface area contributed by atoms with Crippen molar-refractivity contribution in [2.24, 2.45) is 0 Å². The van der Waals surface area contributed by atoms with Crippen molar-refractivity contribution in [3.63, 3.8) is 0 Å². The van der Waals surface area contributed by atoms with Gasteiger partial charge in [-0.05, 0) is 46.0 Å². The Morgan fingerprint density at radius 2 is 1.54 bits per heavy atom. The van der Waals surface area contributed by atoms with E-state index < -0.39 is 12.3 Å². The average molecular weight is 603 g/mol.